The number of hydrogen-bond donors (Lipinski definition) is 1. The minimum absolute atomic E-state index is 0.0383. The van der Waals surface area contributed by atoms with E-state index in [1.165, 1.54) is 0 Å². The van der Waals surface area contributed by atoms with Crippen LogP contribution in [0.25, 0.3) is 0 Å². The number of benzene rings is 1. The zero-order valence-electron chi connectivity index (χ0n) is 6.28. The van der Waals surface area contributed by atoms with Gasteiger partial charge in [-0.3, -0.25) is 4.21 Å². The number of hydrogen-bond acceptors (Lipinski definition) is 2. The van der Waals surface area contributed by atoms with Gasteiger partial charge in [-0.15, -0.1) is 0 Å². The molecule has 0 saturated heterocycles. The molecule has 0 aliphatic heterocycles. The van der Waals surface area contributed by atoms with E-state index in [-0.39, 0.29) is 6.61 Å². The van der Waals surface area contributed by atoms with Crippen LogP contribution in [-0.4, -0.2) is 15.6 Å². The maximum absolute atomic E-state index is 10.9. The minimum atomic E-state index is -0.921. The molecule has 1 N–H and O–H groups in total. The Bertz CT molecular complexity index is 253. The lowest BCUT2D eigenvalue weighted by Gasteiger charge is -1.97. The fourth-order valence-corrected chi connectivity index (χ4v) is 1.31. The smallest absolute Gasteiger partial charge is 0.0681 e. The molecule has 0 aliphatic rings. The van der Waals surface area contributed by atoms with Gasteiger partial charge in [0.05, 0.1) is 6.61 Å². The van der Waals surface area contributed by atoms with Gasteiger partial charge in [0.1, 0.15) is 0 Å². The molecule has 0 spiro atoms. The van der Waals surface area contributed by atoms with Crippen LogP contribution in [0, 0.1) is 0 Å². The van der Waals surface area contributed by atoms with Gasteiger partial charge < -0.3 is 5.11 Å². The molecule has 1 atom stereocenters. The van der Waals surface area contributed by atoms with E-state index in [1.54, 1.807) is 30.5 Å². The SMILES string of the molecule is CS(=O)c1ccc(CO)cc1. The molecule has 0 radical (unpaired) electrons. The molecular formula is C8H10O2S. The highest BCUT2D eigenvalue weighted by Gasteiger charge is 1.95. The first-order valence-electron chi connectivity index (χ1n) is 3.27. The molecule has 0 saturated carbocycles. The van der Waals surface area contributed by atoms with Crippen LogP contribution in [0.4, 0.5) is 0 Å². The molecule has 3 heteroatoms. The fourth-order valence-electron chi connectivity index (χ4n) is 0.787. The molecule has 1 aromatic rings. The monoisotopic (exact) mass is 170 g/mol. The Morgan fingerprint density at radius 1 is 1.36 bits per heavy atom. The third kappa shape index (κ3) is 2.13. The lowest BCUT2D eigenvalue weighted by atomic mass is 10.2. The second-order valence-electron chi connectivity index (χ2n) is 2.26. The molecule has 0 amide bonds. The summed E-state index contributed by atoms with van der Waals surface area (Å²) in [6.07, 6.45) is 1.63. The normalized spacial score (nSPS) is 12.9. The van der Waals surface area contributed by atoms with Gasteiger partial charge in [0.2, 0.25) is 0 Å². The molecule has 0 fully saturated rings. The predicted molar refractivity (Wildman–Crippen MR) is 44.7 cm³/mol. The van der Waals surface area contributed by atoms with Crippen molar-refractivity contribution in [2.45, 2.75) is 11.5 Å². The molecule has 2 nitrogen and oxygen atoms in total. The summed E-state index contributed by atoms with van der Waals surface area (Å²) in [5.74, 6) is 0. The van der Waals surface area contributed by atoms with Gasteiger partial charge in [-0.2, -0.15) is 0 Å². The average Bonchev–Trinajstić information content (AvgIpc) is 2.05. The Morgan fingerprint density at radius 3 is 2.27 bits per heavy atom. The van der Waals surface area contributed by atoms with Crippen LogP contribution in [0.5, 0.6) is 0 Å². The summed E-state index contributed by atoms with van der Waals surface area (Å²) >= 11 is 0. The van der Waals surface area contributed by atoms with E-state index in [1.807, 2.05) is 0 Å². The van der Waals surface area contributed by atoms with E-state index in [2.05, 4.69) is 0 Å². The second-order valence-corrected chi connectivity index (χ2v) is 3.64. The van der Waals surface area contributed by atoms with Crippen molar-refractivity contribution in [1.82, 2.24) is 0 Å². The Morgan fingerprint density at radius 2 is 1.91 bits per heavy atom. The number of aliphatic hydroxyl groups excluding tert-OH is 1. The van der Waals surface area contributed by atoms with E-state index >= 15 is 0 Å². The average molecular weight is 170 g/mol. The van der Waals surface area contributed by atoms with Crippen LogP contribution in [0.1, 0.15) is 5.56 Å². The van der Waals surface area contributed by atoms with Crippen molar-refractivity contribution in [3.8, 4) is 0 Å². The first-order valence-corrected chi connectivity index (χ1v) is 4.83. The van der Waals surface area contributed by atoms with Gasteiger partial charge >= 0.3 is 0 Å². The molecule has 1 rings (SSSR count). The molecule has 0 bridgehead atoms. The molecular weight excluding hydrogens is 160 g/mol. The van der Waals surface area contributed by atoms with Crippen LogP contribution >= 0.6 is 0 Å². The summed E-state index contributed by atoms with van der Waals surface area (Å²) in [6, 6.07) is 7.08. The van der Waals surface area contributed by atoms with Gasteiger partial charge in [-0.1, -0.05) is 12.1 Å². The van der Waals surface area contributed by atoms with Crippen molar-refractivity contribution in [2.75, 3.05) is 6.26 Å². The molecule has 60 valence electrons. The zero-order chi connectivity index (χ0) is 8.27. The summed E-state index contributed by atoms with van der Waals surface area (Å²) in [4.78, 5) is 0.794. The zero-order valence-corrected chi connectivity index (χ0v) is 7.10. The summed E-state index contributed by atoms with van der Waals surface area (Å²) < 4.78 is 10.9. The summed E-state index contributed by atoms with van der Waals surface area (Å²) in [5.41, 5.74) is 0.846. The van der Waals surface area contributed by atoms with Crippen molar-refractivity contribution in [3.05, 3.63) is 29.8 Å². The third-order valence-electron chi connectivity index (χ3n) is 1.44. The lowest BCUT2D eigenvalue weighted by Crippen LogP contribution is -1.88. The van der Waals surface area contributed by atoms with Crippen LogP contribution < -0.4 is 0 Å². The molecule has 11 heavy (non-hydrogen) atoms. The van der Waals surface area contributed by atoms with E-state index < -0.39 is 10.8 Å². The topological polar surface area (TPSA) is 37.3 Å². The van der Waals surface area contributed by atoms with Crippen molar-refractivity contribution in [3.63, 3.8) is 0 Å². The van der Waals surface area contributed by atoms with Crippen molar-refractivity contribution in [1.29, 1.82) is 0 Å². The first-order chi connectivity index (χ1) is 5.24. The highest BCUT2D eigenvalue weighted by atomic mass is 32.2. The second kappa shape index (κ2) is 3.64. The maximum Gasteiger partial charge on any atom is 0.0681 e. The van der Waals surface area contributed by atoms with Crippen LogP contribution in [-0.2, 0) is 17.4 Å². The van der Waals surface area contributed by atoms with E-state index in [0.717, 1.165) is 10.5 Å². The quantitative estimate of drug-likeness (QED) is 0.716. The van der Waals surface area contributed by atoms with E-state index in [4.69, 9.17) is 5.11 Å². The van der Waals surface area contributed by atoms with Crippen molar-refractivity contribution < 1.29 is 9.32 Å². The lowest BCUT2D eigenvalue weighted by molar-refractivity contribution is 0.282. The van der Waals surface area contributed by atoms with Crippen LogP contribution in [0.3, 0.4) is 0 Å². The van der Waals surface area contributed by atoms with Gasteiger partial charge in [0.15, 0.2) is 0 Å². The standard InChI is InChI=1S/C8H10O2S/c1-11(10)8-4-2-7(6-9)3-5-8/h2-5,9H,6H2,1H3. The van der Waals surface area contributed by atoms with Crippen LogP contribution in [0.15, 0.2) is 29.2 Å². The Labute approximate surface area is 68.3 Å². The molecule has 0 heterocycles. The van der Waals surface area contributed by atoms with E-state index in [9.17, 15) is 4.21 Å². The van der Waals surface area contributed by atoms with Crippen molar-refractivity contribution >= 4 is 10.8 Å². The summed E-state index contributed by atoms with van der Waals surface area (Å²) in [6.45, 7) is 0.0383. The van der Waals surface area contributed by atoms with Gasteiger partial charge in [0, 0.05) is 22.0 Å². The summed E-state index contributed by atoms with van der Waals surface area (Å²) in [5, 5.41) is 8.69. The minimum Gasteiger partial charge on any atom is -0.392 e. The largest absolute Gasteiger partial charge is 0.392 e. The highest BCUT2D eigenvalue weighted by molar-refractivity contribution is 7.84. The fraction of sp³-hybridized carbons (Fsp3) is 0.250. The van der Waals surface area contributed by atoms with Gasteiger partial charge in [-0.25, -0.2) is 0 Å². The molecule has 1 aromatic carbocycles. The Kier molecular flexibility index (Phi) is 2.79. The first kappa shape index (κ1) is 8.43. The predicted octanol–water partition coefficient (Wildman–Crippen LogP) is 0.916. The summed E-state index contributed by atoms with van der Waals surface area (Å²) in [7, 11) is -0.921. The van der Waals surface area contributed by atoms with Gasteiger partial charge in [0.25, 0.3) is 0 Å². The Hall–Kier alpha value is -0.670. The Balaban J connectivity index is 2.91. The third-order valence-corrected chi connectivity index (χ3v) is 2.37. The molecule has 0 aromatic heterocycles. The van der Waals surface area contributed by atoms with Gasteiger partial charge in [-0.05, 0) is 17.7 Å². The number of aliphatic hydroxyl groups is 1. The van der Waals surface area contributed by atoms with Crippen LogP contribution in [0.2, 0.25) is 0 Å². The van der Waals surface area contributed by atoms with E-state index in [0.29, 0.717) is 0 Å². The number of rotatable bonds is 2. The molecule has 0 aliphatic carbocycles. The molecule has 1 unspecified atom stereocenters. The maximum atomic E-state index is 10.9. The van der Waals surface area contributed by atoms with Crippen molar-refractivity contribution in [2.24, 2.45) is 0 Å². The highest BCUT2D eigenvalue weighted by Crippen LogP contribution is 2.06.